The van der Waals surface area contributed by atoms with Crippen molar-refractivity contribution in [3.05, 3.63) is 84.6 Å². The molecule has 2 unspecified atom stereocenters. The Bertz CT molecular complexity index is 1440. The van der Waals surface area contributed by atoms with E-state index >= 15 is 0 Å². The Kier molecular flexibility index (Phi) is 8.19. The average Bonchev–Trinajstić information content (AvgIpc) is 3.01. The number of amides is 4. The fourth-order valence-electron chi connectivity index (χ4n) is 6.51. The smallest absolute Gasteiger partial charge is 0.328 e. The molecule has 1 aromatic heterocycles. The standard InChI is InChI=1S/C20H24N2O2.C12H12N2O3/c1-3-13-12-22-9-7-14(13)10-19(22)20(23)16-6-8-21-18-5-4-15(24-2)11-17(16)18;1-2-12(8-6-4-3-5-7-8)9(15)13-11(17)14-10(12)16/h3-6,8,11,13-14,19-20,23H,1,7,9-10,12H2,2H3;3-7H,2H2,1H3,(H2,13,14,15,16,17)/t13-,14?,19+,20-;/m0./s1. The molecule has 9 nitrogen and oxygen atoms in total. The Balaban J connectivity index is 0.000000175. The predicted octanol–water partition coefficient (Wildman–Crippen LogP) is 3.87. The van der Waals surface area contributed by atoms with Gasteiger partial charge in [0.2, 0.25) is 11.8 Å². The van der Waals surface area contributed by atoms with E-state index in [1.807, 2.05) is 24.3 Å². The van der Waals surface area contributed by atoms with Crippen molar-refractivity contribution in [3.63, 3.8) is 0 Å². The average molecular weight is 557 g/mol. The molecule has 0 aliphatic carbocycles. The highest BCUT2D eigenvalue weighted by Gasteiger charge is 2.50. The molecule has 5 atom stereocenters. The van der Waals surface area contributed by atoms with Gasteiger partial charge in [0.25, 0.3) is 0 Å². The number of carbonyl (C=O) groups excluding carboxylic acids is 3. The molecule has 4 fully saturated rings. The number of nitrogens with zero attached hydrogens (tertiary/aromatic N) is 2. The van der Waals surface area contributed by atoms with Crippen molar-refractivity contribution in [3.8, 4) is 5.75 Å². The van der Waals surface area contributed by atoms with Gasteiger partial charge in [-0.15, -0.1) is 6.58 Å². The molecule has 3 N–H and O–H groups in total. The van der Waals surface area contributed by atoms with Crippen molar-refractivity contribution in [2.75, 3.05) is 20.2 Å². The summed E-state index contributed by atoms with van der Waals surface area (Å²) in [7, 11) is 1.66. The molecule has 4 saturated heterocycles. The summed E-state index contributed by atoms with van der Waals surface area (Å²) in [5.41, 5.74) is 1.12. The Labute approximate surface area is 239 Å². The Morgan fingerprint density at radius 3 is 2.49 bits per heavy atom. The maximum Gasteiger partial charge on any atom is 0.328 e. The highest BCUT2D eigenvalue weighted by Crippen LogP contribution is 2.42. The number of urea groups is 1. The number of ether oxygens (including phenoxy) is 1. The minimum atomic E-state index is -1.31. The summed E-state index contributed by atoms with van der Waals surface area (Å²) >= 11 is 0. The van der Waals surface area contributed by atoms with Crippen molar-refractivity contribution in [2.24, 2.45) is 11.8 Å². The van der Waals surface area contributed by atoms with Gasteiger partial charge in [0.1, 0.15) is 5.75 Å². The van der Waals surface area contributed by atoms with Gasteiger partial charge < -0.3 is 9.84 Å². The molecule has 2 bridgehead atoms. The van der Waals surface area contributed by atoms with Crippen LogP contribution in [0.5, 0.6) is 5.75 Å². The zero-order chi connectivity index (χ0) is 29.1. The van der Waals surface area contributed by atoms with E-state index in [9.17, 15) is 19.5 Å². The van der Waals surface area contributed by atoms with Gasteiger partial charge in [0.05, 0.1) is 18.7 Å². The first-order valence-electron chi connectivity index (χ1n) is 14.0. The fraction of sp³-hybridized carbons (Fsp3) is 0.375. The lowest BCUT2D eigenvalue weighted by atomic mass is 9.73. The predicted molar refractivity (Wildman–Crippen MR) is 155 cm³/mol. The van der Waals surface area contributed by atoms with Gasteiger partial charge in [0, 0.05) is 24.2 Å². The van der Waals surface area contributed by atoms with E-state index in [4.69, 9.17) is 4.74 Å². The number of aliphatic hydroxyl groups excluding tert-OH is 1. The summed E-state index contributed by atoms with van der Waals surface area (Å²) in [5, 5.41) is 16.4. The van der Waals surface area contributed by atoms with Crippen LogP contribution in [0.3, 0.4) is 0 Å². The fourth-order valence-corrected chi connectivity index (χ4v) is 6.51. The highest BCUT2D eigenvalue weighted by atomic mass is 16.5. The zero-order valence-electron chi connectivity index (χ0n) is 23.4. The minimum Gasteiger partial charge on any atom is -0.497 e. The molecule has 2 aromatic carbocycles. The van der Waals surface area contributed by atoms with Crippen LogP contribution >= 0.6 is 0 Å². The lowest BCUT2D eigenvalue weighted by Crippen LogP contribution is -2.64. The lowest BCUT2D eigenvalue weighted by Gasteiger charge is -2.50. The number of aromatic nitrogens is 1. The molecule has 0 radical (unpaired) electrons. The van der Waals surface area contributed by atoms with Crippen LogP contribution in [-0.2, 0) is 15.0 Å². The zero-order valence-corrected chi connectivity index (χ0v) is 23.4. The molecule has 0 saturated carbocycles. The SMILES string of the molecule is C=C[C@H]1CN2CCC1C[C@@H]2[C@@H](O)c1ccnc2ccc(OC)cc12.CCC1(c2ccccc2)C(=O)NC(=O)NC1=O. The monoisotopic (exact) mass is 556 g/mol. The number of carbonyl (C=O) groups is 3. The largest absolute Gasteiger partial charge is 0.497 e. The number of hydrogen-bond donors (Lipinski definition) is 3. The number of piperidine rings is 3. The number of barbiturate groups is 1. The summed E-state index contributed by atoms with van der Waals surface area (Å²) < 4.78 is 5.35. The van der Waals surface area contributed by atoms with E-state index in [2.05, 4.69) is 33.2 Å². The van der Waals surface area contributed by atoms with Crippen LogP contribution in [0.2, 0.25) is 0 Å². The van der Waals surface area contributed by atoms with E-state index in [-0.39, 0.29) is 6.04 Å². The molecule has 214 valence electrons. The second kappa shape index (κ2) is 11.8. The molecule has 4 aliphatic heterocycles. The first-order chi connectivity index (χ1) is 19.8. The van der Waals surface area contributed by atoms with Crippen LogP contribution in [0.15, 0.2) is 73.4 Å². The molecular weight excluding hydrogens is 520 g/mol. The maximum absolute atomic E-state index is 12.0. The quantitative estimate of drug-likeness (QED) is 0.311. The van der Waals surface area contributed by atoms with Crippen LogP contribution < -0.4 is 15.4 Å². The van der Waals surface area contributed by atoms with Crippen molar-refractivity contribution in [2.45, 2.75) is 43.7 Å². The summed E-state index contributed by atoms with van der Waals surface area (Å²) in [6.07, 6.45) is 5.91. The van der Waals surface area contributed by atoms with Crippen molar-refractivity contribution < 1.29 is 24.2 Å². The normalized spacial score (nSPS) is 25.4. The third-order valence-corrected chi connectivity index (χ3v) is 8.85. The highest BCUT2D eigenvalue weighted by molar-refractivity contribution is 6.22. The second-order valence-electron chi connectivity index (χ2n) is 10.8. The number of rotatable bonds is 6. The number of methoxy groups -OCH3 is 1. The number of aliphatic hydroxyl groups is 1. The number of imide groups is 2. The van der Waals surface area contributed by atoms with Crippen molar-refractivity contribution in [1.29, 1.82) is 0 Å². The number of nitrogens with one attached hydrogen (secondary N) is 2. The van der Waals surface area contributed by atoms with Crippen molar-refractivity contribution >= 4 is 28.7 Å². The Morgan fingerprint density at radius 2 is 1.88 bits per heavy atom. The van der Waals surface area contributed by atoms with Gasteiger partial charge in [-0.1, -0.05) is 43.3 Å². The van der Waals surface area contributed by atoms with Crippen LogP contribution in [0.1, 0.15) is 43.4 Å². The molecule has 3 aromatic rings. The number of pyridine rings is 1. The summed E-state index contributed by atoms with van der Waals surface area (Å²) in [6, 6.07) is 15.9. The Hall–Kier alpha value is -4.08. The molecule has 5 heterocycles. The minimum absolute atomic E-state index is 0.178. The van der Waals surface area contributed by atoms with Gasteiger partial charge in [-0.05, 0) is 73.0 Å². The van der Waals surface area contributed by atoms with E-state index < -0.39 is 29.4 Å². The summed E-state index contributed by atoms with van der Waals surface area (Å²) in [4.78, 5) is 41.9. The molecule has 4 aliphatic rings. The van der Waals surface area contributed by atoms with E-state index in [1.165, 1.54) is 6.42 Å². The topological polar surface area (TPSA) is 121 Å². The maximum atomic E-state index is 12.0. The third kappa shape index (κ3) is 5.23. The van der Waals surface area contributed by atoms with Crippen LogP contribution in [0.4, 0.5) is 4.79 Å². The van der Waals surface area contributed by atoms with E-state index in [0.29, 0.717) is 23.8 Å². The van der Waals surface area contributed by atoms with E-state index in [0.717, 1.165) is 41.7 Å². The molecule has 7 rings (SSSR count). The number of fused-ring (bicyclic) bond motifs is 4. The summed E-state index contributed by atoms with van der Waals surface area (Å²) in [5.74, 6) is 0.868. The first kappa shape index (κ1) is 28.4. The third-order valence-electron chi connectivity index (χ3n) is 8.85. The first-order valence-corrected chi connectivity index (χ1v) is 14.0. The van der Waals surface area contributed by atoms with Crippen LogP contribution in [0, 0.1) is 11.8 Å². The van der Waals surface area contributed by atoms with E-state index in [1.54, 1.807) is 50.6 Å². The molecule has 4 amide bonds. The molecule has 0 spiro atoms. The second-order valence-corrected chi connectivity index (χ2v) is 10.8. The van der Waals surface area contributed by atoms with Gasteiger partial charge >= 0.3 is 6.03 Å². The van der Waals surface area contributed by atoms with Crippen LogP contribution in [0.25, 0.3) is 10.9 Å². The summed E-state index contributed by atoms with van der Waals surface area (Å²) in [6.45, 7) is 7.81. The number of hydrogen-bond acceptors (Lipinski definition) is 7. The van der Waals surface area contributed by atoms with Crippen molar-refractivity contribution in [1.82, 2.24) is 20.5 Å². The molecular formula is C32H36N4O5. The lowest BCUT2D eigenvalue weighted by molar-refractivity contribution is -0.138. The van der Waals surface area contributed by atoms with Gasteiger partial charge in [-0.25, -0.2) is 4.79 Å². The van der Waals surface area contributed by atoms with Gasteiger partial charge in [0.15, 0.2) is 5.41 Å². The van der Waals surface area contributed by atoms with Gasteiger partial charge in [-0.3, -0.25) is 30.1 Å². The molecule has 9 heteroatoms. The van der Waals surface area contributed by atoms with Gasteiger partial charge in [-0.2, -0.15) is 0 Å². The Morgan fingerprint density at radius 1 is 1.15 bits per heavy atom. The molecule has 41 heavy (non-hydrogen) atoms. The number of benzene rings is 2. The van der Waals surface area contributed by atoms with Crippen LogP contribution in [-0.4, -0.2) is 59.1 Å².